The first-order valence-corrected chi connectivity index (χ1v) is 11.9. The first-order chi connectivity index (χ1) is 15.8. The van der Waals surface area contributed by atoms with E-state index in [0.717, 1.165) is 11.1 Å². The summed E-state index contributed by atoms with van der Waals surface area (Å²) in [5.41, 5.74) is 4.70. The second-order valence-corrected chi connectivity index (χ2v) is 9.24. The van der Waals surface area contributed by atoms with Gasteiger partial charge in [-0.1, -0.05) is 49.7 Å². The number of benzene rings is 1. The van der Waals surface area contributed by atoms with Crippen LogP contribution in [0.15, 0.2) is 48.0 Å². The third-order valence-electron chi connectivity index (χ3n) is 5.36. The van der Waals surface area contributed by atoms with E-state index in [-0.39, 0.29) is 12.5 Å². The summed E-state index contributed by atoms with van der Waals surface area (Å²) in [6, 6.07) is 11.5. The van der Waals surface area contributed by atoms with Crippen molar-refractivity contribution in [2.45, 2.75) is 33.6 Å². The van der Waals surface area contributed by atoms with Crippen molar-refractivity contribution in [3.05, 3.63) is 75.5 Å². The molecule has 1 N–H and O–H groups in total. The molecule has 0 saturated carbocycles. The molecule has 4 rings (SSSR count). The number of rotatable bonds is 6. The zero-order chi connectivity index (χ0) is 23.7. The van der Waals surface area contributed by atoms with E-state index in [2.05, 4.69) is 36.3 Å². The minimum absolute atomic E-state index is 0.237. The number of carbonyl (C=O) groups is 2. The van der Waals surface area contributed by atoms with Crippen LogP contribution in [-0.2, 0) is 4.74 Å². The van der Waals surface area contributed by atoms with E-state index in [9.17, 15) is 9.59 Å². The molecule has 170 valence electrons. The molecular formula is C25H24ClN3O3S. The summed E-state index contributed by atoms with van der Waals surface area (Å²) in [5.74, 6) is -0.431. The third-order valence-corrected chi connectivity index (χ3v) is 6.49. The van der Waals surface area contributed by atoms with Gasteiger partial charge in [-0.25, -0.2) is 9.78 Å². The standard InChI is InChI=1S/C25H24ClN3O3S/c1-5-32-25(31)21-19(17-8-6-16(7-9-17)14(2)3)13-33-24(21)28-23(30)22-15(4)27-20-12-18(26)10-11-29(20)22/h6-14H,5H2,1-4H3,(H,28,30). The fraction of sp³-hybridized carbons (Fsp3) is 0.240. The Kier molecular flexibility index (Phi) is 6.54. The minimum atomic E-state index is -0.473. The van der Waals surface area contributed by atoms with Gasteiger partial charge in [0.15, 0.2) is 0 Å². The minimum Gasteiger partial charge on any atom is -0.462 e. The van der Waals surface area contributed by atoms with E-state index in [1.807, 2.05) is 17.5 Å². The number of anilines is 1. The number of hydrogen-bond acceptors (Lipinski definition) is 5. The maximum atomic E-state index is 13.2. The second-order valence-electron chi connectivity index (χ2n) is 7.92. The van der Waals surface area contributed by atoms with Gasteiger partial charge in [-0.15, -0.1) is 11.3 Å². The van der Waals surface area contributed by atoms with Gasteiger partial charge in [-0.05, 0) is 37.0 Å². The molecule has 0 spiro atoms. The molecule has 4 aromatic rings. The van der Waals surface area contributed by atoms with Crippen molar-refractivity contribution in [3.8, 4) is 11.1 Å². The van der Waals surface area contributed by atoms with Crippen LogP contribution in [0.2, 0.25) is 5.02 Å². The van der Waals surface area contributed by atoms with E-state index in [1.165, 1.54) is 16.9 Å². The molecule has 6 nitrogen and oxygen atoms in total. The molecule has 1 amide bonds. The highest BCUT2D eigenvalue weighted by Gasteiger charge is 2.25. The predicted molar refractivity (Wildman–Crippen MR) is 133 cm³/mol. The van der Waals surface area contributed by atoms with Gasteiger partial charge in [-0.3, -0.25) is 9.20 Å². The van der Waals surface area contributed by atoms with Crippen LogP contribution in [-0.4, -0.2) is 27.9 Å². The van der Waals surface area contributed by atoms with Gasteiger partial charge < -0.3 is 10.1 Å². The first kappa shape index (κ1) is 23.0. The molecule has 33 heavy (non-hydrogen) atoms. The van der Waals surface area contributed by atoms with Crippen molar-refractivity contribution in [1.82, 2.24) is 9.38 Å². The van der Waals surface area contributed by atoms with E-state index in [1.54, 1.807) is 36.6 Å². The Hall–Kier alpha value is -3.16. The average molecular weight is 482 g/mol. The number of aromatic nitrogens is 2. The zero-order valence-electron chi connectivity index (χ0n) is 18.8. The van der Waals surface area contributed by atoms with Gasteiger partial charge in [0.1, 0.15) is 21.9 Å². The molecule has 8 heteroatoms. The molecule has 0 radical (unpaired) electrons. The Labute approximate surface area is 201 Å². The number of nitrogens with one attached hydrogen (secondary N) is 1. The van der Waals surface area contributed by atoms with Crippen LogP contribution in [0, 0.1) is 6.92 Å². The smallest absolute Gasteiger partial charge is 0.341 e. The summed E-state index contributed by atoms with van der Waals surface area (Å²) in [6.45, 7) is 8.02. The average Bonchev–Trinajstić information content (AvgIpc) is 3.33. The van der Waals surface area contributed by atoms with Gasteiger partial charge in [0, 0.05) is 28.2 Å². The van der Waals surface area contributed by atoms with Crippen molar-refractivity contribution in [2.24, 2.45) is 0 Å². The predicted octanol–water partition coefficient (Wildman–Crippen LogP) is 6.58. The molecule has 3 aromatic heterocycles. The summed E-state index contributed by atoms with van der Waals surface area (Å²) < 4.78 is 6.99. The van der Waals surface area contributed by atoms with Crippen LogP contribution < -0.4 is 5.32 Å². The summed E-state index contributed by atoms with van der Waals surface area (Å²) in [5, 5.41) is 5.75. The molecule has 0 unspecified atom stereocenters. The lowest BCUT2D eigenvalue weighted by molar-refractivity contribution is 0.0529. The molecule has 0 atom stereocenters. The quantitative estimate of drug-likeness (QED) is 0.316. The highest BCUT2D eigenvalue weighted by molar-refractivity contribution is 7.15. The van der Waals surface area contributed by atoms with E-state index in [0.29, 0.717) is 38.5 Å². The number of halogens is 1. The van der Waals surface area contributed by atoms with Crippen LogP contribution in [0.3, 0.4) is 0 Å². The maximum Gasteiger partial charge on any atom is 0.341 e. The number of esters is 1. The lowest BCUT2D eigenvalue weighted by Crippen LogP contribution is -2.17. The van der Waals surface area contributed by atoms with Crippen LogP contribution in [0.5, 0.6) is 0 Å². The monoisotopic (exact) mass is 481 g/mol. The highest BCUT2D eigenvalue weighted by Crippen LogP contribution is 2.37. The zero-order valence-corrected chi connectivity index (χ0v) is 20.4. The molecule has 0 aliphatic rings. The topological polar surface area (TPSA) is 72.7 Å². The number of fused-ring (bicyclic) bond motifs is 1. The number of aryl methyl sites for hydroxylation is 1. The lowest BCUT2D eigenvalue weighted by Gasteiger charge is -2.10. The maximum absolute atomic E-state index is 13.2. The van der Waals surface area contributed by atoms with E-state index >= 15 is 0 Å². The van der Waals surface area contributed by atoms with E-state index in [4.69, 9.17) is 16.3 Å². The number of nitrogens with zero attached hydrogens (tertiary/aromatic N) is 2. The Bertz CT molecular complexity index is 1340. The van der Waals surface area contributed by atoms with Crippen molar-refractivity contribution >= 4 is 45.5 Å². The molecule has 0 saturated heterocycles. The van der Waals surface area contributed by atoms with Gasteiger partial charge >= 0.3 is 5.97 Å². The molecule has 0 fully saturated rings. The Balaban J connectivity index is 1.73. The number of imidazole rings is 1. The molecule has 0 bridgehead atoms. The first-order valence-electron chi connectivity index (χ1n) is 10.6. The summed E-state index contributed by atoms with van der Waals surface area (Å²) >= 11 is 7.35. The Morgan fingerprint density at radius 1 is 1.21 bits per heavy atom. The largest absolute Gasteiger partial charge is 0.462 e. The highest BCUT2D eigenvalue weighted by atomic mass is 35.5. The summed E-state index contributed by atoms with van der Waals surface area (Å²) in [4.78, 5) is 30.6. The fourth-order valence-corrected chi connectivity index (χ4v) is 4.80. The molecule has 0 aliphatic heterocycles. The molecular weight excluding hydrogens is 458 g/mol. The number of ether oxygens (including phenoxy) is 1. The number of thiophene rings is 1. The van der Waals surface area contributed by atoms with Gasteiger partial charge in [0.25, 0.3) is 5.91 Å². The van der Waals surface area contributed by atoms with E-state index < -0.39 is 5.97 Å². The summed E-state index contributed by atoms with van der Waals surface area (Å²) in [7, 11) is 0. The number of carbonyl (C=O) groups excluding carboxylic acids is 2. The number of hydrogen-bond donors (Lipinski definition) is 1. The van der Waals surface area contributed by atoms with Crippen molar-refractivity contribution in [2.75, 3.05) is 11.9 Å². The number of pyridine rings is 1. The number of amides is 1. The van der Waals surface area contributed by atoms with Crippen LogP contribution in [0.4, 0.5) is 5.00 Å². The Morgan fingerprint density at radius 3 is 2.61 bits per heavy atom. The SMILES string of the molecule is CCOC(=O)c1c(-c2ccc(C(C)C)cc2)csc1NC(=O)c1c(C)nc2cc(Cl)ccn12. The fourth-order valence-electron chi connectivity index (χ4n) is 3.69. The molecule has 0 aliphatic carbocycles. The second kappa shape index (κ2) is 9.37. The molecule has 3 heterocycles. The van der Waals surface area contributed by atoms with Crippen molar-refractivity contribution in [1.29, 1.82) is 0 Å². The summed E-state index contributed by atoms with van der Waals surface area (Å²) in [6.07, 6.45) is 1.70. The van der Waals surface area contributed by atoms with Crippen LogP contribution in [0.25, 0.3) is 16.8 Å². The van der Waals surface area contributed by atoms with Crippen LogP contribution in [0.1, 0.15) is 58.8 Å². The lowest BCUT2D eigenvalue weighted by atomic mass is 9.98. The third kappa shape index (κ3) is 4.51. The van der Waals surface area contributed by atoms with Crippen molar-refractivity contribution < 1.29 is 14.3 Å². The molecule has 1 aromatic carbocycles. The van der Waals surface area contributed by atoms with Crippen LogP contribution >= 0.6 is 22.9 Å². The van der Waals surface area contributed by atoms with Gasteiger partial charge in [0.2, 0.25) is 0 Å². The van der Waals surface area contributed by atoms with Gasteiger partial charge in [0.05, 0.1) is 12.3 Å². The van der Waals surface area contributed by atoms with Crippen molar-refractivity contribution in [3.63, 3.8) is 0 Å². The normalized spacial score (nSPS) is 11.2. The Morgan fingerprint density at radius 2 is 1.94 bits per heavy atom. The van der Waals surface area contributed by atoms with Gasteiger partial charge in [-0.2, -0.15) is 0 Å².